The first-order valence-electron chi connectivity index (χ1n) is 5.16. The number of benzene rings is 1. The Bertz CT molecular complexity index is 530. The van der Waals surface area contributed by atoms with Crippen molar-refractivity contribution >= 4 is 26.9 Å². The van der Waals surface area contributed by atoms with E-state index in [0.29, 0.717) is 0 Å². The Morgan fingerprint density at radius 2 is 2.31 bits per heavy atom. The van der Waals surface area contributed by atoms with Gasteiger partial charge in [0.15, 0.2) is 0 Å². The van der Waals surface area contributed by atoms with Gasteiger partial charge in [-0.1, -0.05) is 17.7 Å². The molecule has 0 saturated carbocycles. The molecule has 16 heavy (non-hydrogen) atoms. The van der Waals surface area contributed by atoms with E-state index in [4.69, 9.17) is 10.2 Å². The molecule has 0 fully saturated rings. The van der Waals surface area contributed by atoms with Crippen molar-refractivity contribution in [2.24, 2.45) is 5.73 Å². The number of halogens is 1. The van der Waals surface area contributed by atoms with Crippen molar-refractivity contribution in [3.8, 4) is 0 Å². The van der Waals surface area contributed by atoms with Crippen LogP contribution in [0.5, 0.6) is 0 Å². The van der Waals surface area contributed by atoms with Crippen LogP contribution >= 0.6 is 15.9 Å². The molecule has 2 nitrogen and oxygen atoms in total. The Hall–Kier alpha value is -1.06. The van der Waals surface area contributed by atoms with E-state index in [2.05, 4.69) is 22.5 Å². The number of hydrogen-bond acceptors (Lipinski definition) is 2. The Kier molecular flexibility index (Phi) is 3.17. The maximum absolute atomic E-state index is 6.04. The Morgan fingerprint density at radius 3 is 2.94 bits per heavy atom. The zero-order valence-corrected chi connectivity index (χ0v) is 10.8. The normalized spacial score (nSPS) is 12.9. The van der Waals surface area contributed by atoms with Gasteiger partial charge < -0.3 is 10.2 Å². The molecule has 2 rings (SSSR count). The third-order valence-corrected chi connectivity index (χ3v) is 3.07. The SMILES string of the molecule is C=C(C)CC(N)c1cc2cccc(Br)c2o1. The second-order valence-corrected chi connectivity index (χ2v) is 4.93. The highest BCUT2D eigenvalue weighted by atomic mass is 79.9. The molecule has 1 aromatic carbocycles. The Balaban J connectivity index is 2.39. The van der Waals surface area contributed by atoms with Crippen LogP contribution in [0.1, 0.15) is 25.1 Å². The average Bonchev–Trinajstić information content (AvgIpc) is 2.61. The monoisotopic (exact) mass is 279 g/mol. The molecule has 0 amide bonds. The minimum absolute atomic E-state index is 0.114. The van der Waals surface area contributed by atoms with Crippen molar-refractivity contribution < 1.29 is 4.42 Å². The highest BCUT2D eigenvalue weighted by molar-refractivity contribution is 9.10. The van der Waals surface area contributed by atoms with Crippen LogP contribution in [0.3, 0.4) is 0 Å². The summed E-state index contributed by atoms with van der Waals surface area (Å²) in [4.78, 5) is 0. The minimum Gasteiger partial charge on any atom is -0.458 e. The van der Waals surface area contributed by atoms with Gasteiger partial charge in [0.05, 0.1) is 10.5 Å². The standard InChI is InChI=1S/C13H14BrNO/c1-8(2)6-11(15)12-7-9-4-3-5-10(14)13(9)16-12/h3-5,7,11H,1,6,15H2,2H3. The summed E-state index contributed by atoms with van der Waals surface area (Å²) < 4.78 is 6.71. The summed E-state index contributed by atoms with van der Waals surface area (Å²) in [7, 11) is 0. The smallest absolute Gasteiger partial charge is 0.148 e. The third kappa shape index (κ3) is 2.20. The maximum atomic E-state index is 6.04. The lowest BCUT2D eigenvalue weighted by atomic mass is 10.1. The largest absolute Gasteiger partial charge is 0.458 e. The number of fused-ring (bicyclic) bond motifs is 1. The molecule has 2 aromatic rings. The number of hydrogen-bond donors (Lipinski definition) is 1. The predicted molar refractivity (Wildman–Crippen MR) is 70.3 cm³/mol. The summed E-state index contributed by atoms with van der Waals surface area (Å²) in [5.74, 6) is 0.810. The van der Waals surface area contributed by atoms with Gasteiger partial charge in [0.25, 0.3) is 0 Å². The summed E-state index contributed by atoms with van der Waals surface area (Å²) >= 11 is 3.46. The summed E-state index contributed by atoms with van der Waals surface area (Å²) in [5, 5.41) is 1.07. The molecule has 0 aliphatic carbocycles. The van der Waals surface area contributed by atoms with E-state index in [1.54, 1.807) is 0 Å². The molecule has 84 valence electrons. The molecule has 0 radical (unpaired) electrons. The molecular weight excluding hydrogens is 266 g/mol. The minimum atomic E-state index is -0.114. The fourth-order valence-electron chi connectivity index (χ4n) is 1.71. The van der Waals surface area contributed by atoms with Crippen LogP contribution in [0.15, 0.2) is 45.3 Å². The summed E-state index contributed by atoms with van der Waals surface area (Å²) in [6.07, 6.45) is 0.747. The van der Waals surface area contributed by atoms with Crippen LogP contribution in [0.25, 0.3) is 11.0 Å². The van der Waals surface area contributed by atoms with Crippen molar-refractivity contribution in [1.29, 1.82) is 0 Å². The number of nitrogens with two attached hydrogens (primary N) is 1. The number of para-hydroxylation sites is 1. The number of furan rings is 1. The lowest BCUT2D eigenvalue weighted by Gasteiger charge is -2.07. The predicted octanol–water partition coefficient (Wildman–Crippen LogP) is 4.16. The van der Waals surface area contributed by atoms with E-state index < -0.39 is 0 Å². The number of rotatable bonds is 3. The van der Waals surface area contributed by atoms with Crippen LogP contribution in [0, 0.1) is 0 Å². The second kappa shape index (κ2) is 4.44. The van der Waals surface area contributed by atoms with Crippen LogP contribution < -0.4 is 5.73 Å². The van der Waals surface area contributed by atoms with E-state index in [1.807, 2.05) is 31.2 Å². The van der Waals surface area contributed by atoms with Crippen molar-refractivity contribution in [2.75, 3.05) is 0 Å². The fraction of sp³-hybridized carbons (Fsp3) is 0.231. The van der Waals surface area contributed by atoms with Crippen molar-refractivity contribution in [3.63, 3.8) is 0 Å². The molecule has 1 heterocycles. The van der Waals surface area contributed by atoms with Gasteiger partial charge in [-0.15, -0.1) is 6.58 Å². The van der Waals surface area contributed by atoms with Gasteiger partial charge in [-0.3, -0.25) is 0 Å². The molecule has 0 spiro atoms. The molecule has 0 saturated heterocycles. The van der Waals surface area contributed by atoms with E-state index >= 15 is 0 Å². The van der Waals surface area contributed by atoms with Gasteiger partial charge in [0.1, 0.15) is 11.3 Å². The summed E-state index contributed by atoms with van der Waals surface area (Å²) in [6, 6.07) is 7.83. The zero-order chi connectivity index (χ0) is 11.7. The molecular formula is C13H14BrNO. The molecule has 0 bridgehead atoms. The van der Waals surface area contributed by atoms with Gasteiger partial charge >= 0.3 is 0 Å². The quantitative estimate of drug-likeness (QED) is 0.857. The molecule has 2 N–H and O–H groups in total. The van der Waals surface area contributed by atoms with Crippen LogP contribution in [-0.2, 0) is 0 Å². The zero-order valence-electron chi connectivity index (χ0n) is 9.16. The summed E-state index contributed by atoms with van der Waals surface area (Å²) in [5.41, 5.74) is 7.96. The van der Waals surface area contributed by atoms with Gasteiger partial charge in [-0.05, 0) is 41.4 Å². The van der Waals surface area contributed by atoms with Gasteiger partial charge in [0, 0.05) is 5.39 Å². The first kappa shape index (κ1) is 11.4. The van der Waals surface area contributed by atoms with Crippen molar-refractivity contribution in [1.82, 2.24) is 0 Å². The van der Waals surface area contributed by atoms with E-state index in [1.165, 1.54) is 0 Å². The molecule has 1 atom stereocenters. The maximum Gasteiger partial charge on any atom is 0.148 e. The first-order valence-corrected chi connectivity index (χ1v) is 5.95. The van der Waals surface area contributed by atoms with Crippen LogP contribution in [0.4, 0.5) is 0 Å². The van der Waals surface area contributed by atoms with E-state index in [9.17, 15) is 0 Å². The topological polar surface area (TPSA) is 39.2 Å². The fourth-order valence-corrected chi connectivity index (χ4v) is 2.17. The first-order chi connectivity index (χ1) is 7.58. The lowest BCUT2D eigenvalue weighted by molar-refractivity contribution is 0.492. The third-order valence-electron chi connectivity index (χ3n) is 2.45. The molecule has 1 aromatic heterocycles. The van der Waals surface area contributed by atoms with Crippen molar-refractivity contribution in [2.45, 2.75) is 19.4 Å². The van der Waals surface area contributed by atoms with Gasteiger partial charge in [-0.25, -0.2) is 0 Å². The van der Waals surface area contributed by atoms with Crippen molar-refractivity contribution in [3.05, 3.63) is 46.7 Å². The lowest BCUT2D eigenvalue weighted by Crippen LogP contribution is -2.09. The van der Waals surface area contributed by atoms with Gasteiger partial charge in [-0.2, -0.15) is 0 Å². The molecule has 0 aliphatic rings. The average molecular weight is 280 g/mol. The molecule has 3 heteroatoms. The molecule has 1 unspecified atom stereocenters. The van der Waals surface area contributed by atoms with Crippen LogP contribution in [-0.4, -0.2) is 0 Å². The van der Waals surface area contributed by atoms with Crippen LogP contribution in [0.2, 0.25) is 0 Å². The molecule has 0 aliphatic heterocycles. The Labute approximate surface area is 103 Å². The van der Waals surface area contributed by atoms with Gasteiger partial charge in [0.2, 0.25) is 0 Å². The Morgan fingerprint density at radius 1 is 1.56 bits per heavy atom. The second-order valence-electron chi connectivity index (χ2n) is 4.07. The highest BCUT2D eigenvalue weighted by Gasteiger charge is 2.13. The summed E-state index contributed by atoms with van der Waals surface area (Å²) in [6.45, 7) is 5.83. The van der Waals surface area contributed by atoms with E-state index in [0.717, 1.165) is 33.2 Å². The highest BCUT2D eigenvalue weighted by Crippen LogP contribution is 2.30. The van der Waals surface area contributed by atoms with E-state index in [-0.39, 0.29) is 6.04 Å².